The molecule has 640 valence electrons. The highest BCUT2D eigenvalue weighted by Gasteiger charge is 2.43. The summed E-state index contributed by atoms with van der Waals surface area (Å²) in [5.41, 5.74) is 11.3. The summed E-state index contributed by atoms with van der Waals surface area (Å²) in [6.07, 6.45) is -14.9. The van der Waals surface area contributed by atoms with Gasteiger partial charge in [-0.15, -0.1) is 0 Å². The van der Waals surface area contributed by atoms with Crippen molar-refractivity contribution in [2.75, 3.05) is 12.0 Å². The van der Waals surface area contributed by atoms with E-state index in [2.05, 4.69) is 69.1 Å². The lowest BCUT2D eigenvalue weighted by molar-refractivity contribution is -0.146. The van der Waals surface area contributed by atoms with Crippen molar-refractivity contribution in [3.63, 3.8) is 0 Å². The number of primary amides is 1. The SMILES string of the molecule is CSCC[C@H](NC(=O)[C@@H](NC(=O)[C@@H](NC(=O)[C@@H](NC(=O)[C@H](CCC(N)=O)NC(=O)[C@@H](NC(=O)[C@@H](N)CC(C)C)[C@@H](C)O)[C@@H](C)O)[C@@H](C)O)C(C)C)C(=O)N[C@@H](CCC(=O)O)C(=O)N[C@H](C(=O)N[C@H](C(=O)N[C@H](C(=O)N[C@H](C(=O)N[C@H](C(=O)N[C@H](C(=O)N[C@H](C(=O)O)[C@@H](C)O)[C@@H](C)O)C(C)C)[C@@H](C)O)[C@@H](C)O)C(C)C)[C@@H](C)O. The van der Waals surface area contributed by atoms with Crippen LogP contribution < -0.4 is 85.9 Å². The maximum absolute atomic E-state index is 14.3. The number of carbonyl (C=O) groups is 17. The molecular weight excluding hydrogens is 1500 g/mol. The number of rotatable bonds is 51. The Morgan fingerprint density at radius 1 is 0.286 bits per heavy atom. The molecule has 0 radical (unpaired) electrons. The summed E-state index contributed by atoms with van der Waals surface area (Å²) in [5, 5.41) is 136. The van der Waals surface area contributed by atoms with E-state index in [1.807, 2.05) is 5.32 Å². The van der Waals surface area contributed by atoms with Crippen molar-refractivity contribution < 1.29 is 133 Å². The molecule has 0 heterocycles. The van der Waals surface area contributed by atoms with Gasteiger partial charge in [0.25, 0.3) is 0 Å². The zero-order valence-electron chi connectivity index (χ0n) is 66.0. The Bertz CT molecular complexity index is 3210. The van der Waals surface area contributed by atoms with Gasteiger partial charge in [0.15, 0.2) is 6.04 Å². The van der Waals surface area contributed by atoms with Crippen LogP contribution in [0, 0.1) is 23.7 Å². The van der Waals surface area contributed by atoms with E-state index in [0.717, 1.165) is 55.4 Å². The molecule has 0 rings (SSSR count). The molecule has 15 amide bonds. The van der Waals surface area contributed by atoms with E-state index in [-0.39, 0.29) is 24.5 Å². The number of thioether (sulfide) groups is 1. The Kier molecular flexibility index (Phi) is 45.5. The fourth-order valence-electron chi connectivity index (χ4n) is 10.5. The van der Waals surface area contributed by atoms with E-state index >= 15 is 0 Å². The van der Waals surface area contributed by atoms with Crippen LogP contribution in [0.25, 0.3) is 0 Å². The molecule has 0 saturated heterocycles. The van der Waals surface area contributed by atoms with Crippen LogP contribution in [0.4, 0.5) is 0 Å². The first-order valence-corrected chi connectivity index (χ1v) is 37.7. The van der Waals surface area contributed by atoms with Crippen molar-refractivity contribution in [2.24, 2.45) is 35.1 Å². The summed E-state index contributed by atoms with van der Waals surface area (Å²) in [4.78, 5) is 229. The van der Waals surface area contributed by atoms with E-state index < -0.39 is 283 Å². The average Bonchev–Trinajstić information content (AvgIpc) is 0.843. The largest absolute Gasteiger partial charge is 0.481 e. The second-order valence-electron chi connectivity index (χ2n) is 29.0. The van der Waals surface area contributed by atoms with Crippen LogP contribution in [0.2, 0.25) is 0 Å². The molecule has 0 aromatic heterocycles. The molecule has 0 bridgehead atoms. The Hall–Kier alpha value is -9.02. The molecule has 0 aromatic rings. The van der Waals surface area contributed by atoms with Gasteiger partial charge in [0.1, 0.15) is 78.5 Å². The molecule has 0 spiro atoms. The number of aliphatic carboxylic acids is 2. The summed E-state index contributed by atoms with van der Waals surface area (Å²) in [6.45, 7) is 20.6. The second-order valence-corrected chi connectivity index (χ2v) is 30.0. The fraction of sp³-hybridized carbons (Fsp3) is 0.750. The van der Waals surface area contributed by atoms with Gasteiger partial charge in [-0.05, 0) is 117 Å². The predicted octanol–water partition coefficient (Wildman–Crippen LogP) is -9.87. The van der Waals surface area contributed by atoms with Crippen LogP contribution in [-0.2, 0) is 81.5 Å². The first-order valence-electron chi connectivity index (χ1n) is 36.3. The third kappa shape index (κ3) is 35.4. The first kappa shape index (κ1) is 103. The maximum atomic E-state index is 14.3. The average molecular weight is 1630 g/mol. The van der Waals surface area contributed by atoms with Crippen LogP contribution in [0.15, 0.2) is 0 Å². The van der Waals surface area contributed by atoms with E-state index in [0.29, 0.717) is 0 Å². The van der Waals surface area contributed by atoms with E-state index in [1.54, 1.807) is 20.1 Å². The van der Waals surface area contributed by atoms with Gasteiger partial charge in [0.2, 0.25) is 88.6 Å². The third-order valence-electron chi connectivity index (χ3n) is 17.1. The molecule has 43 nitrogen and oxygen atoms in total. The molecule has 0 saturated carbocycles. The molecule has 0 unspecified atom stereocenters. The van der Waals surface area contributed by atoms with Crippen molar-refractivity contribution in [2.45, 2.75) is 289 Å². The van der Waals surface area contributed by atoms with Gasteiger partial charge >= 0.3 is 11.9 Å². The van der Waals surface area contributed by atoms with Crippen LogP contribution in [0.5, 0.6) is 0 Å². The minimum atomic E-state index is -2.03. The van der Waals surface area contributed by atoms with Gasteiger partial charge in [-0.1, -0.05) is 55.4 Å². The zero-order valence-corrected chi connectivity index (χ0v) is 66.8. The summed E-state index contributed by atoms with van der Waals surface area (Å²) in [7, 11) is 0. The van der Waals surface area contributed by atoms with Gasteiger partial charge < -0.3 is 137 Å². The normalized spacial score (nSPS) is 17.7. The van der Waals surface area contributed by atoms with Gasteiger partial charge in [-0.3, -0.25) is 76.7 Å². The number of carbonyl (C=O) groups excluding carboxylic acids is 15. The van der Waals surface area contributed by atoms with Crippen molar-refractivity contribution >= 4 is 112 Å². The molecular formula is C68H120N16O27S. The van der Waals surface area contributed by atoms with Crippen LogP contribution in [0.1, 0.15) is 149 Å². The second kappa shape index (κ2) is 49.5. The maximum Gasteiger partial charge on any atom is 0.328 e. The molecule has 0 fully saturated rings. The summed E-state index contributed by atoms with van der Waals surface area (Å²) < 4.78 is 0. The number of nitrogens with two attached hydrogens (primary N) is 2. The standard InChI is InChI=1S/C68H120N16O27S/c1-25(2)24-37(69)54(96)77-46(29(9)85)61(103)72-38(18-20-41(70)93)56(98)79-48(31(11)87)65(107)82-49(32(12)88)63(105)74-43(26(3)4)58(100)73-40(22-23-112-17)55(97)71-39(19-21-42(94)95)57(99)78-47(30(10)86)62(104)75-44(27(5)6)59(101)80-51(34(14)90)66(108)83-50(33(13)89)64(106)76-45(28(7)8)60(102)81-52(35(15)91)67(109)84-53(36(16)92)68(110)111/h25-40,43-53,85-92H,18-24,69H2,1-17H3,(H2,70,93)(H,71,97)(H,72,103)(H,73,100)(H,74,105)(H,75,104)(H,76,106)(H,77,96)(H,78,99)(H,79,98)(H,80,101)(H,81,102)(H,82,107)(H,83,108)(H,84,109)(H,94,95)(H,110,111)/t29-,30-,31-,32-,33-,34-,35-,36-,37+,38+,39+,40+,43+,44+,45+,46+,47+,48+,49+,50+,51+,52+,53+/m1/s1. The summed E-state index contributed by atoms with van der Waals surface area (Å²) >= 11 is 1.18. The Morgan fingerprint density at radius 3 is 0.732 bits per heavy atom. The highest BCUT2D eigenvalue weighted by Crippen LogP contribution is 2.15. The van der Waals surface area contributed by atoms with Crippen LogP contribution in [0.3, 0.4) is 0 Å². The Morgan fingerprint density at radius 2 is 0.491 bits per heavy atom. The monoisotopic (exact) mass is 1620 g/mol. The number of aliphatic hydroxyl groups is 8. The predicted molar refractivity (Wildman–Crippen MR) is 398 cm³/mol. The topological polar surface area (TPSA) is 713 Å². The number of aliphatic hydroxyl groups excluding tert-OH is 8. The molecule has 23 atom stereocenters. The minimum Gasteiger partial charge on any atom is -0.481 e. The minimum absolute atomic E-state index is 0.0445. The number of nitrogens with one attached hydrogen (secondary N) is 14. The smallest absolute Gasteiger partial charge is 0.328 e. The lowest BCUT2D eigenvalue weighted by atomic mass is 10.00. The number of hydrogen-bond acceptors (Lipinski definition) is 27. The molecule has 0 aromatic carbocycles. The highest BCUT2D eigenvalue weighted by molar-refractivity contribution is 7.98. The molecule has 0 aliphatic heterocycles. The van der Waals surface area contributed by atoms with E-state index in [1.165, 1.54) is 53.3 Å². The lowest BCUT2D eigenvalue weighted by Crippen LogP contribution is -2.65. The van der Waals surface area contributed by atoms with Crippen molar-refractivity contribution in [3.05, 3.63) is 0 Å². The molecule has 0 aliphatic carbocycles. The molecule has 0 aliphatic rings. The van der Waals surface area contributed by atoms with Gasteiger partial charge in [-0.25, -0.2) is 4.79 Å². The summed E-state index contributed by atoms with van der Waals surface area (Å²) in [5.74, 6) is -23.3. The number of amides is 15. The number of hydrogen-bond donors (Lipinski definition) is 26. The molecule has 44 heteroatoms. The first-order chi connectivity index (χ1) is 51.6. The van der Waals surface area contributed by atoms with E-state index in [9.17, 15) is 133 Å². The van der Waals surface area contributed by atoms with Gasteiger partial charge in [0, 0.05) is 12.8 Å². The Labute approximate surface area is 652 Å². The zero-order chi connectivity index (χ0) is 87.0. The molecule has 112 heavy (non-hydrogen) atoms. The summed E-state index contributed by atoms with van der Waals surface area (Å²) in [6, 6.07) is -26.7. The van der Waals surface area contributed by atoms with Crippen molar-refractivity contribution in [1.82, 2.24) is 74.4 Å². The van der Waals surface area contributed by atoms with Gasteiger partial charge in [0.05, 0.1) is 54.9 Å². The van der Waals surface area contributed by atoms with Crippen molar-refractivity contribution in [3.8, 4) is 0 Å². The Balaban J connectivity index is 6.88. The molecule has 28 N–H and O–H groups in total. The van der Waals surface area contributed by atoms with Crippen LogP contribution in [-0.4, -0.2) is 303 Å². The number of carboxylic acids is 2. The quantitative estimate of drug-likeness (QED) is 0.0269. The van der Waals surface area contributed by atoms with Crippen LogP contribution >= 0.6 is 11.8 Å². The van der Waals surface area contributed by atoms with Gasteiger partial charge in [-0.2, -0.15) is 11.8 Å². The fourth-order valence-corrected chi connectivity index (χ4v) is 11.0. The lowest BCUT2D eigenvalue weighted by Gasteiger charge is -2.31. The third-order valence-corrected chi connectivity index (χ3v) is 17.8. The van der Waals surface area contributed by atoms with Crippen molar-refractivity contribution in [1.29, 1.82) is 0 Å². The highest BCUT2D eigenvalue weighted by atomic mass is 32.2. The number of carboxylic acid groups (broad SMARTS) is 2. The van der Waals surface area contributed by atoms with E-state index in [4.69, 9.17) is 11.5 Å².